The van der Waals surface area contributed by atoms with Crippen LogP contribution in [0.3, 0.4) is 0 Å². The van der Waals surface area contributed by atoms with Crippen LogP contribution in [0.15, 0.2) is 0 Å². The molecule has 0 rings (SSSR count). The van der Waals surface area contributed by atoms with Crippen molar-refractivity contribution < 1.29 is 9.53 Å². The molecular formula is C8H17N3O2S. The van der Waals surface area contributed by atoms with Crippen LogP contribution in [-0.4, -0.2) is 23.9 Å². The lowest BCUT2D eigenvalue weighted by Gasteiger charge is -2.15. The minimum Gasteiger partial charge on any atom is -0.449 e. The lowest BCUT2D eigenvalue weighted by molar-refractivity contribution is 0.150. The zero-order valence-electron chi connectivity index (χ0n) is 8.72. The van der Waals surface area contributed by atoms with Crippen molar-refractivity contribution >= 4 is 23.4 Å². The van der Waals surface area contributed by atoms with Crippen LogP contribution in [0.5, 0.6) is 0 Å². The van der Waals surface area contributed by atoms with Gasteiger partial charge in [0.05, 0.1) is 6.61 Å². The van der Waals surface area contributed by atoms with Crippen molar-refractivity contribution in [1.29, 1.82) is 0 Å². The first kappa shape index (κ1) is 13.0. The van der Waals surface area contributed by atoms with Crippen molar-refractivity contribution in [1.82, 2.24) is 16.2 Å². The van der Waals surface area contributed by atoms with Gasteiger partial charge in [0.1, 0.15) is 0 Å². The largest absolute Gasteiger partial charge is 0.449 e. The smallest absolute Gasteiger partial charge is 0.425 e. The van der Waals surface area contributed by atoms with Crippen molar-refractivity contribution in [3.8, 4) is 0 Å². The summed E-state index contributed by atoms with van der Waals surface area (Å²) >= 11 is 4.91. The summed E-state index contributed by atoms with van der Waals surface area (Å²) in [7, 11) is 0. The topological polar surface area (TPSA) is 62.4 Å². The third-order valence-electron chi connectivity index (χ3n) is 1.54. The normalized spacial score (nSPS) is 11.4. The van der Waals surface area contributed by atoms with E-state index in [0.717, 1.165) is 6.42 Å². The highest BCUT2D eigenvalue weighted by Gasteiger charge is 2.03. The first-order valence-electron chi connectivity index (χ1n) is 4.59. The van der Waals surface area contributed by atoms with E-state index in [4.69, 9.17) is 12.2 Å². The Kier molecular flexibility index (Phi) is 6.82. The van der Waals surface area contributed by atoms with Gasteiger partial charge in [0, 0.05) is 6.04 Å². The maximum Gasteiger partial charge on any atom is 0.425 e. The second-order valence-electron chi connectivity index (χ2n) is 2.75. The van der Waals surface area contributed by atoms with Gasteiger partial charge in [-0.3, -0.25) is 5.43 Å². The molecule has 0 aromatic carbocycles. The maximum atomic E-state index is 10.8. The number of amides is 1. The highest BCUT2D eigenvalue weighted by atomic mass is 32.1. The lowest BCUT2D eigenvalue weighted by Crippen LogP contribution is -2.49. The Bertz CT molecular complexity index is 199. The monoisotopic (exact) mass is 219 g/mol. The number of thiocarbonyl (C=S) groups is 1. The highest BCUT2D eigenvalue weighted by molar-refractivity contribution is 7.80. The first-order valence-corrected chi connectivity index (χ1v) is 5.00. The third kappa shape index (κ3) is 6.47. The molecule has 0 saturated carbocycles. The molecule has 1 amide bonds. The molecule has 82 valence electrons. The highest BCUT2D eigenvalue weighted by Crippen LogP contribution is 1.86. The summed E-state index contributed by atoms with van der Waals surface area (Å²) in [6.45, 7) is 6.10. The van der Waals surface area contributed by atoms with Gasteiger partial charge in [0.2, 0.25) is 0 Å². The van der Waals surface area contributed by atoms with E-state index >= 15 is 0 Å². The fourth-order valence-electron chi connectivity index (χ4n) is 0.637. The van der Waals surface area contributed by atoms with Gasteiger partial charge in [0.15, 0.2) is 5.11 Å². The Balaban J connectivity index is 3.58. The molecule has 0 aliphatic rings. The van der Waals surface area contributed by atoms with Gasteiger partial charge < -0.3 is 10.1 Å². The third-order valence-corrected chi connectivity index (χ3v) is 1.76. The molecule has 6 heteroatoms. The molecule has 0 fully saturated rings. The van der Waals surface area contributed by atoms with E-state index in [-0.39, 0.29) is 6.04 Å². The number of carbonyl (C=O) groups excluding carboxylic acids is 1. The second kappa shape index (κ2) is 7.37. The summed E-state index contributed by atoms with van der Waals surface area (Å²) in [5.74, 6) is 0. The van der Waals surface area contributed by atoms with E-state index < -0.39 is 6.09 Å². The number of hydrogen-bond donors (Lipinski definition) is 3. The number of hydrazine groups is 1. The van der Waals surface area contributed by atoms with Crippen molar-refractivity contribution in [2.24, 2.45) is 0 Å². The van der Waals surface area contributed by atoms with Crippen molar-refractivity contribution in [2.75, 3.05) is 6.61 Å². The minimum atomic E-state index is -0.541. The standard InChI is InChI=1S/C8H17N3O2S/c1-4-6(3)9-7(14)10-11-8(12)13-5-2/h6H,4-5H2,1-3H3,(H,11,12)(H2,9,10,14). The molecule has 1 atom stereocenters. The SMILES string of the molecule is CCOC(=O)NNC(=S)NC(C)CC. The van der Waals surface area contributed by atoms with Crippen LogP contribution >= 0.6 is 12.2 Å². The fraction of sp³-hybridized carbons (Fsp3) is 0.750. The van der Waals surface area contributed by atoms with E-state index in [1.165, 1.54) is 0 Å². The molecule has 1 unspecified atom stereocenters. The van der Waals surface area contributed by atoms with Gasteiger partial charge in [-0.05, 0) is 32.5 Å². The number of hydrogen-bond acceptors (Lipinski definition) is 3. The molecule has 0 aromatic rings. The van der Waals surface area contributed by atoms with Gasteiger partial charge in [-0.2, -0.15) is 0 Å². The van der Waals surface area contributed by atoms with Crippen LogP contribution in [0, 0.1) is 0 Å². The summed E-state index contributed by atoms with van der Waals surface area (Å²) < 4.78 is 4.62. The van der Waals surface area contributed by atoms with Gasteiger partial charge in [-0.15, -0.1) is 0 Å². The molecular weight excluding hydrogens is 202 g/mol. The molecule has 0 heterocycles. The average Bonchev–Trinajstić information content (AvgIpc) is 2.15. The second-order valence-corrected chi connectivity index (χ2v) is 3.16. The Morgan fingerprint density at radius 2 is 2.07 bits per heavy atom. The zero-order valence-corrected chi connectivity index (χ0v) is 9.53. The molecule has 5 nitrogen and oxygen atoms in total. The Morgan fingerprint density at radius 3 is 2.57 bits per heavy atom. The van der Waals surface area contributed by atoms with E-state index in [9.17, 15) is 4.79 Å². The lowest BCUT2D eigenvalue weighted by atomic mass is 10.3. The molecule has 0 aliphatic carbocycles. The Morgan fingerprint density at radius 1 is 1.43 bits per heavy atom. The average molecular weight is 219 g/mol. The van der Waals surface area contributed by atoms with Crippen molar-refractivity contribution in [3.05, 3.63) is 0 Å². The number of carbonyl (C=O) groups is 1. The summed E-state index contributed by atoms with van der Waals surface area (Å²) in [5.41, 5.74) is 4.83. The van der Waals surface area contributed by atoms with Crippen molar-refractivity contribution in [3.63, 3.8) is 0 Å². The molecule has 0 spiro atoms. The van der Waals surface area contributed by atoms with Crippen LogP contribution in [0.2, 0.25) is 0 Å². The molecule has 0 aliphatic heterocycles. The van der Waals surface area contributed by atoms with Crippen LogP contribution < -0.4 is 16.2 Å². The van der Waals surface area contributed by atoms with Gasteiger partial charge in [-0.25, -0.2) is 10.2 Å². The van der Waals surface area contributed by atoms with E-state index in [1.54, 1.807) is 6.92 Å². The summed E-state index contributed by atoms with van der Waals surface area (Å²) in [6.07, 6.45) is 0.419. The van der Waals surface area contributed by atoms with E-state index in [0.29, 0.717) is 11.7 Å². The van der Waals surface area contributed by atoms with Crippen LogP contribution in [0.1, 0.15) is 27.2 Å². The van der Waals surface area contributed by atoms with Gasteiger partial charge in [-0.1, -0.05) is 6.92 Å². The molecule has 0 radical (unpaired) electrons. The van der Waals surface area contributed by atoms with E-state index in [2.05, 4.69) is 20.9 Å². The number of nitrogens with one attached hydrogen (secondary N) is 3. The predicted molar refractivity (Wildman–Crippen MR) is 58.8 cm³/mol. The maximum absolute atomic E-state index is 10.8. The molecule has 3 N–H and O–H groups in total. The summed E-state index contributed by atoms with van der Waals surface area (Å²) in [6, 6.07) is 0.277. The van der Waals surface area contributed by atoms with Gasteiger partial charge in [0.25, 0.3) is 0 Å². The quantitative estimate of drug-likeness (QED) is 0.486. The molecule has 14 heavy (non-hydrogen) atoms. The number of rotatable bonds is 3. The summed E-state index contributed by atoms with van der Waals surface area (Å²) in [5, 5.41) is 3.36. The fourth-order valence-corrected chi connectivity index (χ4v) is 0.889. The minimum absolute atomic E-state index is 0.277. The van der Waals surface area contributed by atoms with Crippen LogP contribution in [0.25, 0.3) is 0 Å². The number of ether oxygens (including phenoxy) is 1. The molecule has 0 saturated heterocycles. The van der Waals surface area contributed by atoms with Gasteiger partial charge >= 0.3 is 6.09 Å². The predicted octanol–water partition coefficient (Wildman–Crippen LogP) is 0.910. The Hall–Kier alpha value is -1.04. The van der Waals surface area contributed by atoms with Crippen molar-refractivity contribution in [2.45, 2.75) is 33.2 Å². The van der Waals surface area contributed by atoms with Crippen LogP contribution in [0.4, 0.5) is 4.79 Å². The zero-order chi connectivity index (χ0) is 11.0. The summed E-state index contributed by atoms with van der Waals surface area (Å²) in [4.78, 5) is 10.8. The molecule has 0 bridgehead atoms. The first-order chi connectivity index (χ1) is 6.60. The molecule has 0 aromatic heterocycles. The van der Waals surface area contributed by atoms with Crippen LogP contribution in [-0.2, 0) is 4.74 Å². The Labute approximate surface area is 89.5 Å². The van der Waals surface area contributed by atoms with E-state index in [1.807, 2.05) is 13.8 Å².